The maximum Gasteiger partial charge on any atom is 0.262 e. The molecule has 2 saturated carbocycles. The van der Waals surface area contributed by atoms with Gasteiger partial charge in [-0.25, -0.2) is 9.97 Å². The number of anilines is 1. The molecular formula is C41H46N6O10. The van der Waals surface area contributed by atoms with Gasteiger partial charge in [0.2, 0.25) is 0 Å². The summed E-state index contributed by atoms with van der Waals surface area (Å²) in [6.07, 6.45) is 4.52. The van der Waals surface area contributed by atoms with Gasteiger partial charge in [0.05, 0.1) is 80.5 Å². The summed E-state index contributed by atoms with van der Waals surface area (Å²) < 4.78 is 35.0. The number of ketones is 2. The van der Waals surface area contributed by atoms with Crippen LogP contribution in [-0.2, 0) is 28.5 Å². The number of amides is 2. The van der Waals surface area contributed by atoms with E-state index in [4.69, 9.17) is 28.4 Å². The molecule has 57 heavy (non-hydrogen) atoms. The molecule has 2 aliphatic heterocycles. The minimum Gasteiger partial charge on any atom is -0.491 e. The van der Waals surface area contributed by atoms with E-state index >= 15 is 0 Å². The molecule has 0 radical (unpaired) electrons. The lowest BCUT2D eigenvalue weighted by Crippen LogP contribution is -2.47. The molecule has 8 rings (SSSR count). The number of aromatic nitrogens is 4. The van der Waals surface area contributed by atoms with Gasteiger partial charge in [0.15, 0.2) is 5.78 Å². The Morgan fingerprint density at radius 1 is 0.860 bits per heavy atom. The van der Waals surface area contributed by atoms with E-state index in [0.29, 0.717) is 58.5 Å². The van der Waals surface area contributed by atoms with Gasteiger partial charge in [-0.15, -0.1) is 0 Å². The second-order valence-electron chi connectivity index (χ2n) is 14.9. The predicted molar refractivity (Wildman–Crippen MR) is 205 cm³/mol. The largest absolute Gasteiger partial charge is 0.491 e. The fourth-order valence-electron chi connectivity index (χ4n) is 7.28. The zero-order valence-electron chi connectivity index (χ0n) is 31.9. The van der Waals surface area contributed by atoms with E-state index in [2.05, 4.69) is 32.0 Å². The lowest BCUT2D eigenvalue weighted by atomic mass is 9.92. The number of imide groups is 1. The molecule has 1 N–H and O–H groups in total. The number of fused-ring (bicyclic) bond motifs is 2. The first kappa shape index (κ1) is 38.6. The number of hydrogen-bond acceptors (Lipinski definition) is 14. The highest BCUT2D eigenvalue weighted by Gasteiger charge is 2.44. The predicted octanol–water partition coefficient (Wildman–Crippen LogP) is 3.96. The van der Waals surface area contributed by atoms with Crippen LogP contribution in [0.15, 0.2) is 48.8 Å². The van der Waals surface area contributed by atoms with Crippen molar-refractivity contribution in [2.24, 2.45) is 0 Å². The third-order valence-electron chi connectivity index (χ3n) is 10.7. The number of ether oxygens (including phenoxy) is 6. The molecule has 2 atom stereocenters. The number of aromatic amines is 1. The number of carbonyl (C=O) groups excluding carboxylic acids is 4. The summed E-state index contributed by atoms with van der Waals surface area (Å²) in [6.45, 7) is 6.82. The first-order chi connectivity index (χ1) is 27.7. The van der Waals surface area contributed by atoms with Crippen LogP contribution in [0.4, 0.5) is 5.82 Å². The summed E-state index contributed by atoms with van der Waals surface area (Å²) in [5.74, 6) is 0.430. The van der Waals surface area contributed by atoms with Gasteiger partial charge < -0.3 is 33.3 Å². The molecule has 1 saturated heterocycles. The minimum absolute atomic E-state index is 0.00169. The number of nitrogens with zero attached hydrogens (tertiary/aromatic N) is 5. The van der Waals surface area contributed by atoms with Crippen molar-refractivity contribution in [2.75, 3.05) is 70.8 Å². The summed E-state index contributed by atoms with van der Waals surface area (Å²) in [5, 5.41) is 8.64. The fraction of sp³-hybridized carbons (Fsp3) is 0.488. The number of Topliss-reactive ketones (excluding diaryl/α,β-unsaturated/α-hetero) is 2. The van der Waals surface area contributed by atoms with Crippen LogP contribution in [0.5, 0.6) is 11.5 Å². The molecule has 16 heteroatoms. The molecule has 0 spiro atoms. The van der Waals surface area contributed by atoms with Crippen LogP contribution in [0.1, 0.15) is 66.2 Å². The molecule has 2 aromatic heterocycles. The van der Waals surface area contributed by atoms with Crippen LogP contribution in [0.3, 0.4) is 0 Å². The highest BCUT2D eigenvalue weighted by Crippen LogP contribution is 2.41. The molecule has 2 aliphatic carbocycles. The van der Waals surface area contributed by atoms with Gasteiger partial charge in [0.1, 0.15) is 47.3 Å². The van der Waals surface area contributed by atoms with Crippen LogP contribution in [0.25, 0.3) is 22.3 Å². The van der Waals surface area contributed by atoms with Gasteiger partial charge in [0.25, 0.3) is 11.8 Å². The van der Waals surface area contributed by atoms with Crippen LogP contribution >= 0.6 is 0 Å². The fourth-order valence-corrected chi connectivity index (χ4v) is 7.28. The number of morpholine rings is 1. The SMILES string of the molecule is CC1(Oc2ccc3[nH]nc(-c4cc(N5CCOC(CCOCCOCCOCCOc6ccc7c(c6)C(=O)N(C6CCC(=O)CC6=O)C7=O)C5)ncn4)c3c2)CC1. The molecule has 16 nitrogen and oxygen atoms in total. The lowest BCUT2D eigenvalue weighted by molar-refractivity contribution is -0.132. The summed E-state index contributed by atoms with van der Waals surface area (Å²) in [5.41, 5.74) is 2.76. The molecule has 3 fully saturated rings. The van der Waals surface area contributed by atoms with Crippen molar-refractivity contribution in [3.63, 3.8) is 0 Å². The third kappa shape index (κ3) is 8.99. The van der Waals surface area contributed by atoms with Crippen LogP contribution < -0.4 is 14.4 Å². The molecule has 2 aromatic carbocycles. The maximum atomic E-state index is 13.0. The Labute approximate surface area is 329 Å². The molecule has 0 bridgehead atoms. The van der Waals surface area contributed by atoms with Crippen molar-refractivity contribution in [1.29, 1.82) is 0 Å². The number of benzene rings is 2. The topological polar surface area (TPSA) is 185 Å². The Bertz CT molecular complexity index is 2140. The van der Waals surface area contributed by atoms with Crippen LogP contribution in [0, 0.1) is 0 Å². The van der Waals surface area contributed by atoms with Gasteiger partial charge in [-0.2, -0.15) is 5.10 Å². The minimum atomic E-state index is -0.904. The Balaban J connectivity index is 0.694. The maximum absolute atomic E-state index is 13.0. The molecule has 2 amide bonds. The molecular weight excluding hydrogens is 736 g/mol. The summed E-state index contributed by atoms with van der Waals surface area (Å²) in [4.78, 5) is 62.2. The zero-order valence-corrected chi connectivity index (χ0v) is 31.9. The Kier molecular flexibility index (Phi) is 11.5. The van der Waals surface area contributed by atoms with Gasteiger partial charge >= 0.3 is 0 Å². The van der Waals surface area contributed by atoms with E-state index in [9.17, 15) is 19.2 Å². The second kappa shape index (κ2) is 17.1. The summed E-state index contributed by atoms with van der Waals surface area (Å²) in [7, 11) is 0. The van der Waals surface area contributed by atoms with Gasteiger partial charge in [0, 0.05) is 37.6 Å². The number of rotatable bonds is 18. The summed E-state index contributed by atoms with van der Waals surface area (Å²) >= 11 is 0. The zero-order chi connectivity index (χ0) is 39.4. The van der Waals surface area contributed by atoms with E-state index in [1.807, 2.05) is 24.3 Å². The summed E-state index contributed by atoms with van der Waals surface area (Å²) in [6, 6.07) is 11.7. The molecule has 300 valence electrons. The van der Waals surface area contributed by atoms with Crippen molar-refractivity contribution in [3.05, 3.63) is 59.9 Å². The first-order valence-corrected chi connectivity index (χ1v) is 19.5. The van der Waals surface area contributed by atoms with Crippen molar-refractivity contribution in [1.82, 2.24) is 25.1 Å². The van der Waals surface area contributed by atoms with Crippen molar-refractivity contribution < 1.29 is 47.6 Å². The standard InChI is InChI=1S/C41H46N6O10/c1-41(9-10-41)57-28-4-6-33-32(22-28)38(45-44-33)34-23-37(43-25-42-34)46-11-13-55-29(24-46)8-12-52-14-15-53-16-17-54-18-19-56-27-3-5-30-31(21-27)40(51)47(39(30)50)35-7-2-26(48)20-36(35)49/h3-6,21-23,25,29,35H,2,7-20,24H2,1H3,(H,44,45). The average molecular weight is 783 g/mol. The van der Waals surface area contributed by atoms with Gasteiger partial charge in [-0.05, 0) is 69.0 Å². The molecule has 4 heterocycles. The molecule has 4 aromatic rings. The van der Waals surface area contributed by atoms with Crippen LogP contribution in [-0.4, -0.2) is 132 Å². The van der Waals surface area contributed by atoms with Crippen molar-refractivity contribution >= 4 is 40.1 Å². The van der Waals surface area contributed by atoms with E-state index in [0.717, 1.165) is 64.6 Å². The lowest BCUT2D eigenvalue weighted by Gasteiger charge is -2.33. The van der Waals surface area contributed by atoms with Gasteiger partial charge in [-0.3, -0.25) is 29.2 Å². The molecule has 4 aliphatic rings. The number of hydrogen-bond donors (Lipinski definition) is 1. The first-order valence-electron chi connectivity index (χ1n) is 19.5. The average Bonchev–Trinajstić information content (AvgIpc) is 3.70. The van der Waals surface area contributed by atoms with E-state index in [-0.39, 0.29) is 54.5 Å². The second-order valence-corrected chi connectivity index (χ2v) is 14.9. The Hall–Kier alpha value is -5.29. The van der Waals surface area contributed by atoms with E-state index in [1.165, 1.54) is 12.1 Å². The number of carbonyl (C=O) groups is 4. The highest BCUT2D eigenvalue weighted by atomic mass is 16.6. The van der Waals surface area contributed by atoms with E-state index in [1.54, 1.807) is 12.4 Å². The smallest absolute Gasteiger partial charge is 0.262 e. The Morgan fingerprint density at radius 2 is 1.61 bits per heavy atom. The van der Waals surface area contributed by atoms with Gasteiger partial charge in [-0.1, -0.05) is 0 Å². The van der Waals surface area contributed by atoms with Crippen molar-refractivity contribution in [2.45, 2.75) is 63.2 Å². The number of nitrogens with one attached hydrogen (secondary N) is 1. The normalized spacial score (nSPS) is 20.4. The quantitative estimate of drug-likeness (QED) is 0.0869. The third-order valence-corrected chi connectivity index (χ3v) is 10.7. The van der Waals surface area contributed by atoms with E-state index < -0.39 is 23.6 Å². The monoisotopic (exact) mass is 782 g/mol. The molecule has 2 unspecified atom stereocenters. The number of H-pyrrole nitrogens is 1. The highest BCUT2D eigenvalue weighted by molar-refractivity contribution is 6.23. The van der Waals surface area contributed by atoms with Crippen molar-refractivity contribution in [3.8, 4) is 22.9 Å². The van der Waals surface area contributed by atoms with Crippen LogP contribution in [0.2, 0.25) is 0 Å². The Morgan fingerprint density at radius 3 is 2.40 bits per heavy atom.